The summed E-state index contributed by atoms with van der Waals surface area (Å²) < 4.78 is 2.01. The van der Waals surface area contributed by atoms with E-state index in [1.165, 1.54) is 44.9 Å². The largest absolute Gasteiger partial charge is 0.348 e. The van der Waals surface area contributed by atoms with Crippen molar-refractivity contribution in [1.29, 1.82) is 0 Å². The molecule has 2 saturated carbocycles. The van der Waals surface area contributed by atoms with Gasteiger partial charge in [0.05, 0.1) is 5.69 Å². The van der Waals surface area contributed by atoms with Crippen molar-refractivity contribution in [3.8, 4) is 0 Å². The van der Waals surface area contributed by atoms with Crippen LogP contribution in [-0.2, 0) is 13.0 Å². The second kappa shape index (κ2) is 9.10. The molecule has 0 bridgehead atoms. The number of rotatable bonds is 4. The van der Waals surface area contributed by atoms with Crippen LogP contribution in [-0.4, -0.2) is 33.4 Å². The van der Waals surface area contributed by atoms with E-state index in [1.54, 1.807) is 0 Å². The number of nitrogens with zero attached hydrogens (tertiary/aromatic N) is 2. The monoisotopic (exact) mass is 386 g/mol. The molecule has 1 aliphatic heterocycles. The molecule has 6 nitrogen and oxygen atoms in total. The smallest absolute Gasteiger partial charge is 0.287 e. The fourth-order valence-electron chi connectivity index (χ4n) is 5.07. The fraction of sp³-hybridized carbons (Fsp3) is 0.773. The predicted molar refractivity (Wildman–Crippen MR) is 108 cm³/mol. The zero-order valence-electron chi connectivity index (χ0n) is 17.0. The van der Waals surface area contributed by atoms with Gasteiger partial charge in [-0.1, -0.05) is 44.9 Å². The highest BCUT2D eigenvalue weighted by atomic mass is 16.2. The minimum absolute atomic E-state index is 0.0916. The van der Waals surface area contributed by atoms with Crippen molar-refractivity contribution < 1.29 is 9.59 Å². The number of nitrogens with one attached hydrogen (secondary N) is 2. The van der Waals surface area contributed by atoms with E-state index in [0.29, 0.717) is 11.5 Å². The average Bonchev–Trinajstić information content (AvgIpc) is 2.92. The second-order valence-electron chi connectivity index (χ2n) is 8.81. The molecule has 0 spiro atoms. The Balaban J connectivity index is 1.50. The highest BCUT2D eigenvalue weighted by Gasteiger charge is 2.29. The molecule has 2 fully saturated rings. The molecule has 2 amide bonds. The zero-order chi connectivity index (χ0) is 19.3. The van der Waals surface area contributed by atoms with Gasteiger partial charge in [0.2, 0.25) is 0 Å². The van der Waals surface area contributed by atoms with Crippen LogP contribution in [0.2, 0.25) is 0 Å². The highest BCUT2D eigenvalue weighted by Crippen LogP contribution is 2.24. The third-order valence-electron chi connectivity index (χ3n) is 6.67. The Labute approximate surface area is 167 Å². The van der Waals surface area contributed by atoms with Gasteiger partial charge < -0.3 is 15.2 Å². The Morgan fingerprint density at radius 3 is 1.96 bits per heavy atom. The third kappa shape index (κ3) is 4.41. The molecule has 6 heteroatoms. The number of aromatic nitrogens is 2. The SMILES string of the molecule is O=C(NC1CCCCC1)c1nc(C(=O)NC2CCCCCC2)n2c1CCCC2. The Bertz CT molecular complexity index is 698. The number of hydrogen-bond acceptors (Lipinski definition) is 3. The molecule has 0 saturated heterocycles. The molecule has 2 aliphatic carbocycles. The van der Waals surface area contributed by atoms with E-state index in [0.717, 1.165) is 57.2 Å². The summed E-state index contributed by atoms with van der Waals surface area (Å²) in [6, 6.07) is 0.497. The van der Waals surface area contributed by atoms with Crippen LogP contribution in [0.4, 0.5) is 0 Å². The first-order valence-corrected chi connectivity index (χ1v) is 11.4. The quantitative estimate of drug-likeness (QED) is 0.774. The van der Waals surface area contributed by atoms with Gasteiger partial charge in [-0.2, -0.15) is 0 Å². The van der Waals surface area contributed by atoms with Gasteiger partial charge in [0.15, 0.2) is 5.82 Å². The molecular weight excluding hydrogens is 352 g/mol. The molecule has 1 aromatic heterocycles. The van der Waals surface area contributed by atoms with Crippen molar-refractivity contribution in [1.82, 2.24) is 20.2 Å². The van der Waals surface area contributed by atoms with Crippen LogP contribution in [0.3, 0.4) is 0 Å². The molecule has 4 rings (SSSR count). The van der Waals surface area contributed by atoms with Gasteiger partial charge in [-0.15, -0.1) is 0 Å². The maximum Gasteiger partial charge on any atom is 0.287 e. The van der Waals surface area contributed by atoms with Gasteiger partial charge in [0, 0.05) is 18.6 Å². The van der Waals surface area contributed by atoms with Gasteiger partial charge in [0.25, 0.3) is 11.8 Å². The van der Waals surface area contributed by atoms with Crippen molar-refractivity contribution in [2.24, 2.45) is 0 Å². The lowest BCUT2D eigenvalue weighted by Gasteiger charge is -2.23. The summed E-state index contributed by atoms with van der Waals surface area (Å²) in [4.78, 5) is 30.5. The summed E-state index contributed by atoms with van der Waals surface area (Å²) in [5.74, 6) is 0.241. The number of amides is 2. The maximum absolute atomic E-state index is 13.0. The Morgan fingerprint density at radius 1 is 0.750 bits per heavy atom. The highest BCUT2D eigenvalue weighted by molar-refractivity contribution is 5.97. The minimum Gasteiger partial charge on any atom is -0.348 e. The number of carbonyl (C=O) groups is 2. The lowest BCUT2D eigenvalue weighted by molar-refractivity contribution is 0.0917. The van der Waals surface area contributed by atoms with Crippen LogP contribution in [0.25, 0.3) is 0 Å². The number of carbonyl (C=O) groups excluding carboxylic acids is 2. The first kappa shape index (κ1) is 19.5. The Kier molecular flexibility index (Phi) is 6.33. The van der Waals surface area contributed by atoms with Gasteiger partial charge in [-0.25, -0.2) is 4.98 Å². The van der Waals surface area contributed by atoms with Crippen LogP contribution in [0.15, 0.2) is 0 Å². The molecule has 1 aromatic rings. The third-order valence-corrected chi connectivity index (χ3v) is 6.67. The van der Waals surface area contributed by atoms with Gasteiger partial charge in [0.1, 0.15) is 5.69 Å². The van der Waals surface area contributed by atoms with Crippen molar-refractivity contribution in [3.05, 3.63) is 17.2 Å². The molecule has 0 unspecified atom stereocenters. The van der Waals surface area contributed by atoms with E-state index < -0.39 is 0 Å². The number of imidazole rings is 1. The van der Waals surface area contributed by atoms with Crippen molar-refractivity contribution >= 4 is 11.8 Å². The summed E-state index contributed by atoms with van der Waals surface area (Å²) in [7, 11) is 0. The molecular formula is C22H34N4O2. The van der Waals surface area contributed by atoms with E-state index in [9.17, 15) is 9.59 Å². The minimum atomic E-state index is -0.105. The average molecular weight is 387 g/mol. The molecule has 28 heavy (non-hydrogen) atoms. The van der Waals surface area contributed by atoms with Crippen LogP contribution >= 0.6 is 0 Å². The molecule has 0 aromatic carbocycles. The van der Waals surface area contributed by atoms with Crippen molar-refractivity contribution in [2.75, 3.05) is 0 Å². The zero-order valence-corrected chi connectivity index (χ0v) is 17.0. The van der Waals surface area contributed by atoms with Gasteiger partial charge in [-0.05, 0) is 44.9 Å². The number of hydrogen-bond donors (Lipinski definition) is 2. The Morgan fingerprint density at radius 2 is 1.32 bits per heavy atom. The second-order valence-corrected chi connectivity index (χ2v) is 8.81. The summed E-state index contributed by atoms with van der Waals surface area (Å²) in [6.07, 6.45) is 15.6. The van der Waals surface area contributed by atoms with Gasteiger partial charge in [-0.3, -0.25) is 9.59 Å². The predicted octanol–water partition coefficient (Wildman–Crippen LogP) is 3.73. The molecule has 154 valence electrons. The van der Waals surface area contributed by atoms with E-state index in [2.05, 4.69) is 15.6 Å². The lowest BCUT2D eigenvalue weighted by atomic mass is 9.95. The summed E-state index contributed by atoms with van der Waals surface area (Å²) >= 11 is 0. The van der Waals surface area contributed by atoms with E-state index in [4.69, 9.17) is 0 Å². The van der Waals surface area contributed by atoms with Crippen LogP contribution in [0, 0.1) is 0 Å². The first-order valence-electron chi connectivity index (χ1n) is 11.4. The summed E-state index contributed by atoms with van der Waals surface area (Å²) in [5, 5.41) is 6.39. The van der Waals surface area contributed by atoms with Crippen molar-refractivity contribution in [3.63, 3.8) is 0 Å². The molecule has 0 atom stereocenters. The molecule has 3 aliphatic rings. The van der Waals surface area contributed by atoms with Crippen molar-refractivity contribution in [2.45, 2.75) is 109 Å². The maximum atomic E-state index is 13.0. The van der Waals surface area contributed by atoms with E-state index in [-0.39, 0.29) is 23.9 Å². The normalized spacial score (nSPS) is 21.6. The Hall–Kier alpha value is -1.85. The topological polar surface area (TPSA) is 76.0 Å². The number of fused-ring (bicyclic) bond motifs is 1. The molecule has 2 N–H and O–H groups in total. The van der Waals surface area contributed by atoms with Gasteiger partial charge >= 0.3 is 0 Å². The standard InChI is InChI=1S/C22H34N4O2/c27-21(23-16-12-6-3-7-13-16)19-18-14-8-9-15-26(18)20(25-19)22(28)24-17-10-4-1-2-5-11-17/h16-17H,1-15H2,(H,23,27)(H,24,28). The van der Waals surface area contributed by atoms with Crippen LogP contribution in [0.5, 0.6) is 0 Å². The summed E-state index contributed by atoms with van der Waals surface area (Å²) in [5.41, 5.74) is 1.43. The van der Waals surface area contributed by atoms with E-state index in [1.807, 2.05) is 4.57 Å². The fourth-order valence-corrected chi connectivity index (χ4v) is 5.07. The van der Waals surface area contributed by atoms with Crippen LogP contribution in [0.1, 0.15) is 110 Å². The lowest BCUT2D eigenvalue weighted by Crippen LogP contribution is -2.37. The first-order chi connectivity index (χ1) is 13.7. The summed E-state index contributed by atoms with van der Waals surface area (Å²) in [6.45, 7) is 0.784. The molecule has 2 heterocycles. The molecule has 0 radical (unpaired) electrons. The van der Waals surface area contributed by atoms with E-state index >= 15 is 0 Å². The van der Waals surface area contributed by atoms with Crippen LogP contribution < -0.4 is 10.6 Å².